The van der Waals surface area contributed by atoms with E-state index in [0.717, 1.165) is 9.87 Å². The molecule has 7 nitrogen and oxygen atoms in total. The van der Waals surface area contributed by atoms with Crippen LogP contribution >= 0.6 is 0 Å². The minimum absolute atomic E-state index is 0.0685. The van der Waals surface area contributed by atoms with E-state index in [2.05, 4.69) is 0 Å². The second kappa shape index (κ2) is 8.47. The molecule has 0 N–H and O–H groups in total. The molecular weight excluding hydrogens is 423 g/mol. The Bertz CT molecular complexity index is 1090. The molecule has 2 heterocycles. The number of alkyl halides is 1. The van der Waals surface area contributed by atoms with Gasteiger partial charge in [0.05, 0.1) is 19.1 Å². The highest BCUT2D eigenvalue weighted by Crippen LogP contribution is 2.34. The molecule has 2 aliphatic heterocycles. The van der Waals surface area contributed by atoms with Gasteiger partial charge in [0.25, 0.3) is 0 Å². The van der Waals surface area contributed by atoms with E-state index in [9.17, 15) is 17.6 Å². The number of hydrogen-bond donors (Lipinski definition) is 0. The Labute approximate surface area is 181 Å². The first-order valence-electron chi connectivity index (χ1n) is 10.1. The number of amides is 1. The van der Waals surface area contributed by atoms with Crippen LogP contribution in [0.4, 0.5) is 4.39 Å². The van der Waals surface area contributed by atoms with E-state index in [1.54, 1.807) is 4.90 Å². The summed E-state index contributed by atoms with van der Waals surface area (Å²) in [6.45, 7) is 0.526. The fourth-order valence-electron chi connectivity index (χ4n) is 4.25. The molecule has 1 amide bonds. The lowest BCUT2D eigenvalue weighted by molar-refractivity contribution is -0.135. The van der Waals surface area contributed by atoms with Crippen LogP contribution in [0.1, 0.15) is 17.5 Å². The largest absolute Gasteiger partial charge is 0.493 e. The van der Waals surface area contributed by atoms with Gasteiger partial charge < -0.3 is 14.4 Å². The van der Waals surface area contributed by atoms with Gasteiger partial charge in [0.2, 0.25) is 15.9 Å². The van der Waals surface area contributed by atoms with Crippen molar-refractivity contribution in [2.45, 2.75) is 36.5 Å². The molecule has 2 aliphatic rings. The third kappa shape index (κ3) is 3.99. The SMILES string of the molecule is COc1ccc(S(=O)(=O)N2C[C@@H](F)C[C@H]2C(=O)N2CCc3ccccc3C2)cc1OC. The highest BCUT2D eigenvalue weighted by molar-refractivity contribution is 7.89. The summed E-state index contributed by atoms with van der Waals surface area (Å²) in [5.41, 5.74) is 2.21. The van der Waals surface area contributed by atoms with Gasteiger partial charge >= 0.3 is 0 Å². The van der Waals surface area contributed by atoms with Gasteiger partial charge in [0, 0.05) is 32.1 Å². The fourth-order valence-corrected chi connectivity index (χ4v) is 5.89. The average Bonchev–Trinajstić information content (AvgIpc) is 3.20. The molecule has 0 unspecified atom stereocenters. The van der Waals surface area contributed by atoms with Gasteiger partial charge in [-0.3, -0.25) is 4.79 Å². The normalized spacial score (nSPS) is 21.6. The Hall–Kier alpha value is -2.65. The number of nitrogens with zero attached hydrogens (tertiary/aromatic N) is 2. The summed E-state index contributed by atoms with van der Waals surface area (Å²) in [5, 5.41) is 0. The highest BCUT2D eigenvalue weighted by Gasteiger charge is 2.46. The maximum Gasteiger partial charge on any atom is 0.244 e. The van der Waals surface area contributed by atoms with E-state index >= 15 is 0 Å². The number of methoxy groups -OCH3 is 2. The van der Waals surface area contributed by atoms with Gasteiger partial charge in [-0.25, -0.2) is 12.8 Å². The Balaban J connectivity index is 1.61. The highest BCUT2D eigenvalue weighted by atomic mass is 32.2. The van der Waals surface area contributed by atoms with Crippen LogP contribution in [0, 0.1) is 0 Å². The molecule has 0 aromatic heterocycles. The van der Waals surface area contributed by atoms with Crippen molar-refractivity contribution < 1.29 is 27.1 Å². The number of carbonyl (C=O) groups excluding carboxylic acids is 1. The summed E-state index contributed by atoms with van der Waals surface area (Å²) in [7, 11) is -1.26. The van der Waals surface area contributed by atoms with Crippen LogP contribution in [-0.4, -0.2) is 63.1 Å². The summed E-state index contributed by atoms with van der Waals surface area (Å²) in [6, 6.07) is 11.0. The lowest BCUT2D eigenvalue weighted by atomic mass is 9.99. The molecule has 2 atom stereocenters. The van der Waals surface area contributed by atoms with E-state index in [-0.39, 0.29) is 29.5 Å². The van der Waals surface area contributed by atoms with Crippen molar-refractivity contribution in [3.05, 3.63) is 53.6 Å². The average molecular weight is 449 g/mol. The van der Waals surface area contributed by atoms with E-state index in [1.807, 2.05) is 24.3 Å². The number of fused-ring (bicyclic) bond motifs is 1. The molecule has 1 saturated heterocycles. The number of hydrogen-bond acceptors (Lipinski definition) is 5. The van der Waals surface area contributed by atoms with Crippen molar-refractivity contribution in [3.8, 4) is 11.5 Å². The first kappa shape index (κ1) is 21.6. The van der Waals surface area contributed by atoms with Gasteiger partial charge in [0.1, 0.15) is 12.2 Å². The molecule has 0 saturated carbocycles. The lowest BCUT2D eigenvalue weighted by Gasteiger charge is -2.33. The summed E-state index contributed by atoms with van der Waals surface area (Å²) in [5.74, 6) is 0.264. The first-order chi connectivity index (χ1) is 14.8. The molecule has 31 heavy (non-hydrogen) atoms. The Morgan fingerprint density at radius 3 is 2.48 bits per heavy atom. The number of ether oxygens (including phenoxy) is 2. The zero-order valence-corrected chi connectivity index (χ0v) is 18.3. The number of carbonyl (C=O) groups is 1. The van der Waals surface area contributed by atoms with Crippen LogP contribution in [0.25, 0.3) is 0 Å². The lowest BCUT2D eigenvalue weighted by Crippen LogP contribution is -2.49. The summed E-state index contributed by atoms with van der Waals surface area (Å²) in [4.78, 5) is 14.8. The molecule has 9 heteroatoms. The second-order valence-corrected chi connectivity index (χ2v) is 9.61. The maximum atomic E-state index is 14.4. The van der Waals surface area contributed by atoms with E-state index in [1.165, 1.54) is 38.0 Å². The Morgan fingerprint density at radius 1 is 1.06 bits per heavy atom. The third-order valence-corrected chi connectivity index (χ3v) is 7.76. The van der Waals surface area contributed by atoms with Crippen LogP contribution in [0.3, 0.4) is 0 Å². The van der Waals surface area contributed by atoms with Gasteiger partial charge in [-0.2, -0.15) is 4.31 Å². The molecule has 0 spiro atoms. The molecule has 4 rings (SSSR count). The van der Waals surface area contributed by atoms with Crippen molar-refractivity contribution in [2.24, 2.45) is 0 Å². The van der Waals surface area contributed by atoms with Gasteiger partial charge in [-0.05, 0) is 29.7 Å². The van der Waals surface area contributed by atoms with Gasteiger partial charge in [-0.15, -0.1) is 0 Å². The van der Waals surface area contributed by atoms with Crippen LogP contribution in [0.2, 0.25) is 0 Å². The maximum absolute atomic E-state index is 14.4. The van der Waals surface area contributed by atoms with Crippen molar-refractivity contribution >= 4 is 15.9 Å². The molecule has 166 valence electrons. The third-order valence-electron chi connectivity index (χ3n) is 5.89. The monoisotopic (exact) mass is 448 g/mol. The van der Waals surface area contributed by atoms with Crippen molar-refractivity contribution in [2.75, 3.05) is 27.3 Å². The van der Waals surface area contributed by atoms with Crippen LogP contribution in [0.15, 0.2) is 47.4 Å². The van der Waals surface area contributed by atoms with E-state index in [0.29, 0.717) is 25.3 Å². The number of rotatable bonds is 5. The van der Waals surface area contributed by atoms with Crippen molar-refractivity contribution in [3.63, 3.8) is 0 Å². The minimum Gasteiger partial charge on any atom is -0.493 e. The molecule has 0 bridgehead atoms. The van der Waals surface area contributed by atoms with E-state index in [4.69, 9.17) is 9.47 Å². The standard InChI is InChI=1S/C22H25FN2O5S/c1-29-20-8-7-18(12-21(20)30-2)31(27,28)25-14-17(23)11-19(25)22(26)24-10-9-15-5-3-4-6-16(15)13-24/h3-8,12,17,19H,9-11,13-14H2,1-2H3/t17-,19-/m0/s1. The summed E-state index contributed by atoms with van der Waals surface area (Å²) >= 11 is 0. The van der Waals surface area contributed by atoms with Crippen molar-refractivity contribution in [1.29, 1.82) is 0 Å². The molecule has 2 aromatic rings. The zero-order chi connectivity index (χ0) is 22.2. The first-order valence-corrected chi connectivity index (χ1v) is 11.5. The summed E-state index contributed by atoms with van der Waals surface area (Å²) in [6.07, 6.45) is -0.861. The Morgan fingerprint density at radius 2 is 1.77 bits per heavy atom. The van der Waals surface area contributed by atoms with Crippen molar-refractivity contribution in [1.82, 2.24) is 9.21 Å². The Kier molecular flexibility index (Phi) is 5.90. The smallest absolute Gasteiger partial charge is 0.244 e. The number of sulfonamides is 1. The van der Waals surface area contributed by atoms with Gasteiger partial charge in [-0.1, -0.05) is 24.3 Å². The predicted molar refractivity (Wildman–Crippen MR) is 112 cm³/mol. The summed E-state index contributed by atoms with van der Waals surface area (Å²) < 4.78 is 52.4. The molecule has 1 fully saturated rings. The number of halogens is 1. The zero-order valence-electron chi connectivity index (χ0n) is 17.5. The van der Waals surface area contributed by atoms with Crippen LogP contribution in [-0.2, 0) is 27.8 Å². The minimum atomic E-state index is -4.11. The van der Waals surface area contributed by atoms with Crippen LogP contribution < -0.4 is 9.47 Å². The number of benzene rings is 2. The molecule has 0 radical (unpaired) electrons. The molecule has 2 aromatic carbocycles. The second-order valence-electron chi connectivity index (χ2n) is 7.72. The fraction of sp³-hybridized carbons (Fsp3) is 0.409. The predicted octanol–water partition coefficient (Wildman–Crippen LogP) is 2.39. The van der Waals surface area contributed by atoms with E-state index < -0.39 is 22.2 Å². The van der Waals surface area contributed by atoms with Crippen LogP contribution in [0.5, 0.6) is 11.5 Å². The van der Waals surface area contributed by atoms with Gasteiger partial charge in [0.15, 0.2) is 11.5 Å². The molecular formula is C22H25FN2O5S. The topological polar surface area (TPSA) is 76.2 Å². The quantitative estimate of drug-likeness (QED) is 0.702. The molecule has 0 aliphatic carbocycles.